The first-order valence-corrected chi connectivity index (χ1v) is 23.4. The lowest BCUT2D eigenvalue weighted by Gasteiger charge is -2.31. The van der Waals surface area contributed by atoms with Gasteiger partial charge in [-0.1, -0.05) is 40.5 Å². The molecular weight excluding hydrogens is 907 g/mol. The third-order valence-electron chi connectivity index (χ3n) is 13.7. The van der Waals surface area contributed by atoms with Crippen molar-refractivity contribution in [2.24, 2.45) is 0 Å². The Bertz CT molecular complexity index is 3350. The van der Waals surface area contributed by atoms with E-state index in [1.165, 1.54) is 24.7 Å². The first-order chi connectivity index (χ1) is 34.0. The summed E-state index contributed by atoms with van der Waals surface area (Å²) in [7, 11) is 0. The van der Waals surface area contributed by atoms with Gasteiger partial charge in [-0.3, -0.25) is 24.6 Å². The molecule has 7 heterocycles. The van der Waals surface area contributed by atoms with E-state index in [-0.39, 0.29) is 58.1 Å². The zero-order valence-electron chi connectivity index (χ0n) is 39.6. The topological polar surface area (TPSA) is 334 Å². The smallest absolute Gasteiger partial charge is 0.373 e. The van der Waals surface area contributed by atoms with Gasteiger partial charge in [-0.15, -0.1) is 0 Å². The van der Waals surface area contributed by atoms with Crippen LogP contribution in [0.3, 0.4) is 0 Å². The van der Waals surface area contributed by atoms with Gasteiger partial charge >= 0.3 is 5.97 Å². The van der Waals surface area contributed by atoms with Crippen molar-refractivity contribution in [3.05, 3.63) is 106 Å². The van der Waals surface area contributed by atoms with Gasteiger partial charge in [0.2, 0.25) is 23.5 Å². The van der Waals surface area contributed by atoms with E-state index in [1.54, 1.807) is 11.1 Å². The Kier molecular flexibility index (Phi) is 11.8. The van der Waals surface area contributed by atoms with E-state index in [1.807, 2.05) is 42.6 Å². The molecular formula is C49H53N17O5. The molecule has 1 saturated carbocycles. The number of carboxylic acid groups (broad SMARTS) is 1. The van der Waals surface area contributed by atoms with Crippen molar-refractivity contribution < 1.29 is 24.3 Å². The van der Waals surface area contributed by atoms with Gasteiger partial charge in [0.1, 0.15) is 12.7 Å². The number of anilines is 2. The van der Waals surface area contributed by atoms with Gasteiger partial charge in [0.25, 0.3) is 17.7 Å². The minimum atomic E-state index is -1.09. The fourth-order valence-corrected chi connectivity index (χ4v) is 10.5. The number of carboxylic acids is 1. The number of fused-ring (bicyclic) bond motifs is 10. The van der Waals surface area contributed by atoms with Crippen LogP contribution in [0.25, 0.3) is 44.6 Å². The number of amides is 3. The number of rotatable bonds is 6. The number of H-pyrrole nitrogens is 4. The molecule has 2 aromatic carbocycles. The highest BCUT2D eigenvalue weighted by Gasteiger charge is 2.38. The Morgan fingerprint density at radius 2 is 1.17 bits per heavy atom. The highest BCUT2D eigenvalue weighted by atomic mass is 16.4. The minimum absolute atomic E-state index is 0.0179. The molecule has 0 radical (unpaired) electrons. The molecule has 1 aliphatic heterocycles. The van der Waals surface area contributed by atoms with Gasteiger partial charge in [0.05, 0.1) is 22.8 Å². The Hall–Kier alpha value is -8.56. The monoisotopic (exact) mass is 959 g/mol. The molecule has 1 atom stereocenters. The van der Waals surface area contributed by atoms with Crippen molar-refractivity contribution in [1.82, 2.24) is 75.8 Å². The lowest BCUT2D eigenvalue weighted by Crippen LogP contribution is -2.38. The number of hydrogen-bond acceptors (Lipinski definition) is 14. The van der Waals surface area contributed by atoms with Crippen LogP contribution in [0.4, 0.5) is 11.9 Å². The van der Waals surface area contributed by atoms with Gasteiger partial charge in [0, 0.05) is 70.5 Å². The van der Waals surface area contributed by atoms with Crippen LogP contribution in [0.1, 0.15) is 124 Å². The molecule has 0 spiro atoms. The van der Waals surface area contributed by atoms with E-state index >= 15 is 0 Å². The Balaban J connectivity index is 0.000000144. The van der Waals surface area contributed by atoms with Gasteiger partial charge in [-0.2, -0.15) is 10.2 Å². The van der Waals surface area contributed by atoms with Crippen LogP contribution in [0.5, 0.6) is 0 Å². The number of likely N-dealkylation sites (tertiary alicyclic amines) is 1. The van der Waals surface area contributed by atoms with Crippen LogP contribution in [-0.2, 0) is 23.7 Å². The van der Waals surface area contributed by atoms with E-state index in [0.29, 0.717) is 36.7 Å². The van der Waals surface area contributed by atoms with Gasteiger partial charge in [0.15, 0.2) is 0 Å². The zero-order valence-corrected chi connectivity index (χ0v) is 39.6. The summed E-state index contributed by atoms with van der Waals surface area (Å²) in [5, 5.41) is 28.3. The third kappa shape index (κ3) is 8.98. The third-order valence-corrected chi connectivity index (χ3v) is 13.7. The summed E-state index contributed by atoms with van der Waals surface area (Å²) >= 11 is 0. The molecule has 0 bridgehead atoms. The van der Waals surface area contributed by atoms with E-state index in [0.717, 1.165) is 93.3 Å². The summed E-state index contributed by atoms with van der Waals surface area (Å²) in [6.07, 6.45) is 12.9. The Morgan fingerprint density at radius 3 is 1.63 bits per heavy atom. The molecule has 8 aromatic rings. The summed E-state index contributed by atoms with van der Waals surface area (Å²) in [5.41, 5.74) is 22.8. The molecule has 22 heteroatoms. The van der Waals surface area contributed by atoms with Crippen molar-refractivity contribution in [2.75, 3.05) is 24.6 Å². The number of nitrogens with two attached hydrogens (primary N) is 2. The SMILES string of the molecule is CC1(C)Cc2cnc(N)nc2-c2[nH]c3ccc(C(=O)NC4CCCC4)cc3c21.CC1(C)Cc2cnc(N)nc2-c2[nH]c3ccc(C(=O)NC4CCN(C(=O)c5ncn[nH]5)C4)cc3c21.O=C(O)c1ncn[nH]1. The van der Waals surface area contributed by atoms with Crippen molar-refractivity contribution in [2.45, 2.75) is 95.6 Å². The quantitative estimate of drug-likeness (QED) is 0.106. The summed E-state index contributed by atoms with van der Waals surface area (Å²) in [5.74, 6) is -0.874. The largest absolute Gasteiger partial charge is 0.475 e. The van der Waals surface area contributed by atoms with Gasteiger partial charge < -0.3 is 42.1 Å². The highest BCUT2D eigenvalue weighted by Crippen LogP contribution is 2.47. The lowest BCUT2D eigenvalue weighted by atomic mass is 9.73. The Labute approximate surface area is 405 Å². The minimum Gasteiger partial charge on any atom is -0.475 e. The number of nitrogen functional groups attached to an aromatic ring is 2. The van der Waals surface area contributed by atoms with Crippen LogP contribution in [-0.4, -0.2) is 119 Å². The second-order valence-corrected chi connectivity index (χ2v) is 19.7. The van der Waals surface area contributed by atoms with E-state index < -0.39 is 5.97 Å². The number of aromatic carboxylic acids is 1. The molecule has 4 aliphatic rings. The lowest BCUT2D eigenvalue weighted by molar-refractivity contribution is 0.0682. The molecule has 1 unspecified atom stereocenters. The Morgan fingerprint density at radius 1 is 0.676 bits per heavy atom. The zero-order chi connectivity index (χ0) is 49.8. The maximum Gasteiger partial charge on any atom is 0.373 e. The van der Waals surface area contributed by atoms with Crippen LogP contribution in [0, 0.1) is 0 Å². The average molecular weight is 960 g/mol. The predicted octanol–water partition coefficient (Wildman–Crippen LogP) is 5.02. The number of nitrogens with one attached hydrogen (secondary N) is 6. The highest BCUT2D eigenvalue weighted by molar-refractivity contribution is 6.03. The number of benzene rings is 2. The van der Waals surface area contributed by atoms with Gasteiger partial charge in [-0.05, 0) is 102 Å². The molecule has 2 fully saturated rings. The summed E-state index contributed by atoms with van der Waals surface area (Å²) in [6, 6.07) is 11.8. The predicted molar refractivity (Wildman–Crippen MR) is 262 cm³/mol. The number of nitrogens with zero attached hydrogens (tertiary/aromatic N) is 9. The van der Waals surface area contributed by atoms with Crippen molar-refractivity contribution in [3.63, 3.8) is 0 Å². The maximum atomic E-state index is 13.2. The fraction of sp³-hybridized carbons (Fsp3) is 0.347. The molecule has 22 nitrogen and oxygen atoms in total. The number of carbonyl (C=O) groups excluding carboxylic acids is 3. The van der Waals surface area contributed by atoms with Gasteiger partial charge in [-0.25, -0.2) is 34.7 Å². The molecule has 71 heavy (non-hydrogen) atoms. The first kappa shape index (κ1) is 46.2. The maximum absolute atomic E-state index is 13.2. The number of aromatic amines is 4. The van der Waals surface area contributed by atoms with Crippen LogP contribution < -0.4 is 22.1 Å². The fourth-order valence-electron chi connectivity index (χ4n) is 10.5. The molecule has 11 N–H and O–H groups in total. The average Bonchev–Trinajstić information content (AvgIpc) is 4.20. The van der Waals surface area contributed by atoms with Crippen LogP contribution in [0.2, 0.25) is 0 Å². The number of hydrogen-bond donors (Lipinski definition) is 9. The van der Waals surface area contributed by atoms with Crippen LogP contribution in [0.15, 0.2) is 61.4 Å². The van der Waals surface area contributed by atoms with Crippen molar-refractivity contribution in [1.29, 1.82) is 0 Å². The summed E-state index contributed by atoms with van der Waals surface area (Å²) in [6.45, 7) is 9.80. The van der Waals surface area contributed by atoms with Crippen molar-refractivity contribution >= 4 is 57.4 Å². The normalized spacial score (nSPS) is 17.2. The molecule has 3 amide bonds. The summed E-state index contributed by atoms with van der Waals surface area (Å²) < 4.78 is 0. The van der Waals surface area contributed by atoms with E-state index in [4.69, 9.17) is 16.6 Å². The first-order valence-electron chi connectivity index (χ1n) is 23.4. The van der Waals surface area contributed by atoms with Crippen LogP contribution >= 0.6 is 0 Å². The molecule has 12 rings (SSSR count). The van der Waals surface area contributed by atoms with Crippen molar-refractivity contribution in [3.8, 4) is 22.8 Å². The molecule has 1 saturated heterocycles. The number of aromatic nitrogens is 12. The second kappa shape index (κ2) is 18.1. The standard InChI is InChI=1S/C24H25N9O2.C22H25N5O.C3H3N3O2/c1-24(2)8-13-9-26-23(25)31-18(13)19-17(24)15-7-12(3-4-16(15)30-19)21(34)29-14-5-6-33(10-14)22(35)20-27-11-28-32-20;1-22(2)10-13-11-24-21(23)27-18(13)19-17(22)15-9-12(7-8-16(15)26-19)20(28)25-14-5-3-4-6-14;7-3(8)2-4-1-5-6-2/h3-4,7,9,11,14,30H,5-6,8,10H2,1-2H3,(H,29,34)(H2,25,26,31)(H,27,28,32);7-9,11,14,26H,3-6,10H2,1-2H3,(H,25,28)(H2,23,24,27);1H,(H,7,8)(H,4,5,6). The summed E-state index contributed by atoms with van der Waals surface area (Å²) in [4.78, 5) is 81.6. The van der Waals surface area contributed by atoms with E-state index in [9.17, 15) is 19.2 Å². The second-order valence-electron chi connectivity index (χ2n) is 19.7. The molecule has 6 aromatic heterocycles. The van der Waals surface area contributed by atoms with E-state index in [2.05, 4.69) is 98.6 Å². The number of carbonyl (C=O) groups is 4. The molecule has 3 aliphatic carbocycles. The molecule has 364 valence electrons.